The van der Waals surface area contributed by atoms with Crippen molar-refractivity contribution in [2.24, 2.45) is 0 Å². The monoisotopic (exact) mass is 268 g/mol. The van der Waals surface area contributed by atoms with Crippen molar-refractivity contribution in [3.8, 4) is 0 Å². The quantitative estimate of drug-likeness (QED) is 0.904. The van der Waals surface area contributed by atoms with Gasteiger partial charge in [0, 0.05) is 12.2 Å². The highest BCUT2D eigenvalue weighted by atomic mass is 16.2. The van der Waals surface area contributed by atoms with Crippen molar-refractivity contribution in [3.05, 3.63) is 65.7 Å². The van der Waals surface area contributed by atoms with Gasteiger partial charge in [0.05, 0.1) is 6.54 Å². The van der Waals surface area contributed by atoms with Crippen molar-refractivity contribution in [1.82, 2.24) is 4.90 Å². The third-order valence-electron chi connectivity index (χ3n) is 3.01. The van der Waals surface area contributed by atoms with Crippen molar-refractivity contribution >= 4 is 11.6 Å². The number of likely N-dealkylation sites (N-methyl/N-ethyl adjacent to an activating group) is 1. The van der Waals surface area contributed by atoms with Crippen molar-refractivity contribution < 1.29 is 4.79 Å². The third kappa shape index (κ3) is 4.52. The van der Waals surface area contributed by atoms with Crippen LogP contribution in [0.15, 0.2) is 54.6 Å². The summed E-state index contributed by atoms with van der Waals surface area (Å²) in [5.74, 6) is 0.00836. The Hall–Kier alpha value is -2.13. The fourth-order valence-electron chi connectivity index (χ4n) is 2.12. The normalized spacial score (nSPS) is 10.6. The molecule has 104 valence electrons. The van der Waals surface area contributed by atoms with Crippen molar-refractivity contribution in [2.45, 2.75) is 13.5 Å². The molecule has 20 heavy (non-hydrogen) atoms. The van der Waals surface area contributed by atoms with E-state index in [1.807, 2.05) is 61.3 Å². The lowest BCUT2D eigenvalue weighted by atomic mass is 10.2. The van der Waals surface area contributed by atoms with E-state index in [0.717, 1.165) is 17.8 Å². The Morgan fingerprint density at radius 1 is 1.10 bits per heavy atom. The van der Waals surface area contributed by atoms with Crippen LogP contribution in [0.25, 0.3) is 0 Å². The molecule has 0 spiro atoms. The standard InChI is InChI=1S/C17H20N2O/c1-14-7-6-10-16(11-14)18-17(20)13-19(2)12-15-8-4-3-5-9-15/h3-11H,12-13H2,1-2H3,(H,18,20). The summed E-state index contributed by atoms with van der Waals surface area (Å²) in [7, 11) is 1.95. The van der Waals surface area contributed by atoms with E-state index in [1.165, 1.54) is 5.56 Å². The lowest BCUT2D eigenvalue weighted by Crippen LogP contribution is -2.29. The number of benzene rings is 2. The highest BCUT2D eigenvalue weighted by Gasteiger charge is 2.07. The molecule has 0 heterocycles. The Bertz CT molecular complexity index is 566. The zero-order valence-electron chi connectivity index (χ0n) is 12.0. The molecule has 0 bridgehead atoms. The molecular weight excluding hydrogens is 248 g/mol. The molecule has 1 N–H and O–H groups in total. The van der Waals surface area contributed by atoms with E-state index < -0.39 is 0 Å². The van der Waals surface area contributed by atoms with Crippen molar-refractivity contribution in [1.29, 1.82) is 0 Å². The smallest absolute Gasteiger partial charge is 0.238 e. The van der Waals surface area contributed by atoms with Gasteiger partial charge in [-0.05, 0) is 37.2 Å². The fourth-order valence-corrected chi connectivity index (χ4v) is 2.12. The minimum atomic E-state index is 0.00836. The van der Waals surface area contributed by atoms with Gasteiger partial charge in [0.2, 0.25) is 5.91 Å². The van der Waals surface area contributed by atoms with Crippen LogP contribution in [0.2, 0.25) is 0 Å². The first-order valence-corrected chi connectivity index (χ1v) is 6.72. The molecule has 0 saturated carbocycles. The van der Waals surface area contributed by atoms with Gasteiger partial charge < -0.3 is 5.32 Å². The van der Waals surface area contributed by atoms with Gasteiger partial charge in [0.25, 0.3) is 0 Å². The van der Waals surface area contributed by atoms with Crippen LogP contribution in [0.4, 0.5) is 5.69 Å². The zero-order valence-corrected chi connectivity index (χ0v) is 12.0. The maximum absolute atomic E-state index is 12.0. The lowest BCUT2D eigenvalue weighted by Gasteiger charge is -2.16. The van der Waals surface area contributed by atoms with Crippen molar-refractivity contribution in [2.75, 3.05) is 18.9 Å². The van der Waals surface area contributed by atoms with Crippen LogP contribution in [0, 0.1) is 6.92 Å². The van der Waals surface area contributed by atoms with Gasteiger partial charge in [0.1, 0.15) is 0 Å². The first-order valence-electron chi connectivity index (χ1n) is 6.72. The molecule has 0 unspecified atom stereocenters. The van der Waals surface area contributed by atoms with E-state index in [4.69, 9.17) is 0 Å². The van der Waals surface area contributed by atoms with E-state index in [0.29, 0.717) is 6.54 Å². The summed E-state index contributed by atoms with van der Waals surface area (Å²) < 4.78 is 0. The summed E-state index contributed by atoms with van der Waals surface area (Å²) in [6.45, 7) is 3.15. The van der Waals surface area contributed by atoms with Crippen LogP contribution in [-0.2, 0) is 11.3 Å². The SMILES string of the molecule is Cc1cccc(NC(=O)CN(C)Cc2ccccc2)c1. The van der Waals surface area contributed by atoms with E-state index in [9.17, 15) is 4.79 Å². The Balaban J connectivity index is 1.85. The lowest BCUT2D eigenvalue weighted by molar-refractivity contribution is -0.117. The van der Waals surface area contributed by atoms with E-state index in [-0.39, 0.29) is 5.91 Å². The molecule has 3 nitrogen and oxygen atoms in total. The Morgan fingerprint density at radius 3 is 2.55 bits per heavy atom. The minimum Gasteiger partial charge on any atom is -0.325 e. The van der Waals surface area contributed by atoms with Crippen LogP contribution in [-0.4, -0.2) is 24.4 Å². The molecule has 1 amide bonds. The second kappa shape index (κ2) is 6.87. The average Bonchev–Trinajstić information content (AvgIpc) is 2.39. The molecule has 2 aromatic carbocycles. The van der Waals surface area contributed by atoms with Gasteiger partial charge in [-0.25, -0.2) is 0 Å². The van der Waals surface area contributed by atoms with Gasteiger partial charge in [-0.15, -0.1) is 0 Å². The number of carbonyl (C=O) groups is 1. The maximum Gasteiger partial charge on any atom is 0.238 e. The second-order valence-corrected chi connectivity index (χ2v) is 5.08. The fraction of sp³-hybridized carbons (Fsp3) is 0.235. The number of amides is 1. The van der Waals surface area contributed by atoms with Crippen LogP contribution in [0.1, 0.15) is 11.1 Å². The van der Waals surface area contributed by atoms with E-state index in [2.05, 4.69) is 17.4 Å². The van der Waals surface area contributed by atoms with Crippen LogP contribution in [0.3, 0.4) is 0 Å². The number of aryl methyl sites for hydroxylation is 1. The molecule has 0 radical (unpaired) electrons. The second-order valence-electron chi connectivity index (χ2n) is 5.08. The van der Waals surface area contributed by atoms with Gasteiger partial charge in [-0.3, -0.25) is 9.69 Å². The van der Waals surface area contributed by atoms with Gasteiger partial charge >= 0.3 is 0 Å². The largest absolute Gasteiger partial charge is 0.325 e. The summed E-state index contributed by atoms with van der Waals surface area (Å²) in [4.78, 5) is 14.0. The number of hydrogen-bond donors (Lipinski definition) is 1. The summed E-state index contributed by atoms with van der Waals surface area (Å²) >= 11 is 0. The van der Waals surface area contributed by atoms with E-state index in [1.54, 1.807) is 0 Å². The molecular formula is C17H20N2O. The topological polar surface area (TPSA) is 32.3 Å². The Labute approximate surface area is 120 Å². The molecule has 0 aliphatic rings. The predicted octanol–water partition coefficient (Wildman–Crippen LogP) is 3.07. The van der Waals surface area contributed by atoms with Crippen LogP contribution in [0.5, 0.6) is 0 Å². The first-order chi connectivity index (χ1) is 9.63. The zero-order chi connectivity index (χ0) is 14.4. The van der Waals surface area contributed by atoms with E-state index >= 15 is 0 Å². The minimum absolute atomic E-state index is 0.00836. The highest BCUT2D eigenvalue weighted by molar-refractivity contribution is 5.92. The number of nitrogens with zero attached hydrogens (tertiary/aromatic N) is 1. The van der Waals surface area contributed by atoms with Gasteiger partial charge in [-0.2, -0.15) is 0 Å². The summed E-state index contributed by atoms with van der Waals surface area (Å²) in [6.07, 6.45) is 0. The summed E-state index contributed by atoms with van der Waals surface area (Å²) in [5.41, 5.74) is 3.20. The molecule has 0 atom stereocenters. The van der Waals surface area contributed by atoms with Gasteiger partial charge in [0.15, 0.2) is 0 Å². The number of rotatable bonds is 5. The van der Waals surface area contributed by atoms with Crippen LogP contribution < -0.4 is 5.32 Å². The predicted molar refractivity (Wildman–Crippen MR) is 82.6 cm³/mol. The summed E-state index contributed by atoms with van der Waals surface area (Å²) in [5, 5.41) is 2.92. The number of hydrogen-bond acceptors (Lipinski definition) is 2. The Kier molecular flexibility index (Phi) is 4.91. The molecule has 0 aliphatic carbocycles. The molecule has 2 rings (SSSR count). The third-order valence-corrected chi connectivity index (χ3v) is 3.01. The molecule has 0 aliphatic heterocycles. The van der Waals surface area contributed by atoms with Crippen LogP contribution >= 0.6 is 0 Å². The molecule has 0 fully saturated rings. The number of anilines is 1. The number of carbonyl (C=O) groups excluding carboxylic acids is 1. The Morgan fingerprint density at radius 2 is 1.85 bits per heavy atom. The molecule has 2 aromatic rings. The number of nitrogens with one attached hydrogen (secondary N) is 1. The maximum atomic E-state index is 12.0. The first kappa shape index (κ1) is 14.3. The average molecular weight is 268 g/mol. The summed E-state index contributed by atoms with van der Waals surface area (Å²) in [6, 6.07) is 18.0. The van der Waals surface area contributed by atoms with Crippen molar-refractivity contribution in [3.63, 3.8) is 0 Å². The highest BCUT2D eigenvalue weighted by Crippen LogP contribution is 2.09. The molecule has 0 saturated heterocycles. The molecule has 0 aromatic heterocycles. The van der Waals surface area contributed by atoms with Gasteiger partial charge in [-0.1, -0.05) is 42.5 Å². The molecule has 3 heteroatoms.